The maximum absolute atomic E-state index is 12.3. The van der Waals surface area contributed by atoms with Crippen LogP contribution in [0.4, 0.5) is 0 Å². The molecule has 0 aliphatic carbocycles. The first kappa shape index (κ1) is 17.2. The fourth-order valence-corrected chi connectivity index (χ4v) is 2.89. The van der Waals surface area contributed by atoms with E-state index >= 15 is 0 Å². The lowest BCUT2D eigenvalue weighted by Gasteiger charge is -2.34. The highest BCUT2D eigenvalue weighted by atomic mass is 32.2. The third-order valence-electron chi connectivity index (χ3n) is 4.18. The Morgan fingerprint density at radius 1 is 1.27 bits per heavy atom. The number of benzene rings is 1. The second-order valence-corrected chi connectivity index (χ2v) is 7.05. The standard InChI is InChI=1S/C17H26N2O2S/c1-14(22-3)8-9-18-10-11-19(17(20)13-18)12-15-4-6-16(21-2)7-5-15/h4-7,14H,8-13H2,1-3H3/t14-/m1/s1. The van der Waals surface area contributed by atoms with E-state index < -0.39 is 0 Å². The summed E-state index contributed by atoms with van der Waals surface area (Å²) in [6.07, 6.45) is 3.29. The molecule has 1 aromatic carbocycles. The van der Waals surface area contributed by atoms with E-state index in [0.717, 1.165) is 37.4 Å². The summed E-state index contributed by atoms with van der Waals surface area (Å²) in [6.45, 7) is 6.30. The van der Waals surface area contributed by atoms with Crippen LogP contribution in [0.5, 0.6) is 5.75 Å². The van der Waals surface area contributed by atoms with Crippen LogP contribution >= 0.6 is 11.8 Å². The summed E-state index contributed by atoms with van der Waals surface area (Å²) >= 11 is 1.89. The Labute approximate surface area is 137 Å². The summed E-state index contributed by atoms with van der Waals surface area (Å²) in [5.74, 6) is 1.08. The van der Waals surface area contributed by atoms with Crippen molar-refractivity contribution in [1.82, 2.24) is 9.80 Å². The number of hydrogen-bond acceptors (Lipinski definition) is 4. The SMILES string of the molecule is COc1ccc(CN2CCN(CC[C@@H](C)SC)CC2=O)cc1. The van der Waals surface area contributed by atoms with E-state index in [4.69, 9.17) is 4.74 Å². The van der Waals surface area contributed by atoms with Gasteiger partial charge in [0.2, 0.25) is 5.91 Å². The third kappa shape index (κ3) is 4.92. The van der Waals surface area contributed by atoms with Gasteiger partial charge in [-0.3, -0.25) is 9.69 Å². The van der Waals surface area contributed by atoms with Crippen LogP contribution in [0.25, 0.3) is 0 Å². The molecule has 1 fully saturated rings. The van der Waals surface area contributed by atoms with Crippen molar-refractivity contribution < 1.29 is 9.53 Å². The fourth-order valence-electron chi connectivity index (χ4n) is 2.55. The van der Waals surface area contributed by atoms with E-state index in [1.165, 1.54) is 0 Å². The molecule has 22 heavy (non-hydrogen) atoms. The molecule has 1 aliphatic heterocycles. The van der Waals surface area contributed by atoms with Crippen LogP contribution in [-0.2, 0) is 11.3 Å². The molecule has 1 amide bonds. The van der Waals surface area contributed by atoms with Crippen LogP contribution in [0.15, 0.2) is 24.3 Å². The first-order valence-electron chi connectivity index (χ1n) is 7.78. The number of thioether (sulfide) groups is 1. The number of rotatable bonds is 7. The van der Waals surface area contributed by atoms with E-state index in [-0.39, 0.29) is 5.91 Å². The summed E-state index contributed by atoms with van der Waals surface area (Å²) < 4.78 is 5.16. The molecule has 0 N–H and O–H groups in total. The van der Waals surface area contributed by atoms with Gasteiger partial charge in [0, 0.05) is 24.9 Å². The van der Waals surface area contributed by atoms with Gasteiger partial charge in [-0.2, -0.15) is 11.8 Å². The Balaban J connectivity index is 1.81. The summed E-state index contributed by atoms with van der Waals surface area (Å²) in [6, 6.07) is 7.94. The van der Waals surface area contributed by atoms with Crippen molar-refractivity contribution in [2.75, 3.05) is 39.5 Å². The molecule has 1 heterocycles. The van der Waals surface area contributed by atoms with Crippen molar-refractivity contribution in [2.45, 2.75) is 25.1 Å². The molecule has 1 atom stereocenters. The van der Waals surface area contributed by atoms with Gasteiger partial charge in [-0.1, -0.05) is 19.1 Å². The zero-order valence-electron chi connectivity index (χ0n) is 13.7. The van der Waals surface area contributed by atoms with Crippen LogP contribution in [0, 0.1) is 0 Å². The molecule has 0 unspecified atom stereocenters. The zero-order valence-corrected chi connectivity index (χ0v) is 14.6. The van der Waals surface area contributed by atoms with Crippen molar-refractivity contribution in [3.63, 3.8) is 0 Å². The molecular formula is C17H26N2O2S. The molecule has 0 aromatic heterocycles. The minimum Gasteiger partial charge on any atom is -0.497 e. The summed E-state index contributed by atoms with van der Waals surface area (Å²) in [5, 5.41) is 0.660. The zero-order chi connectivity index (χ0) is 15.9. The molecule has 0 bridgehead atoms. The highest BCUT2D eigenvalue weighted by Crippen LogP contribution is 2.16. The minimum absolute atomic E-state index is 0.235. The first-order valence-corrected chi connectivity index (χ1v) is 9.07. The molecule has 0 radical (unpaired) electrons. The second-order valence-electron chi connectivity index (χ2n) is 5.77. The van der Waals surface area contributed by atoms with Gasteiger partial charge >= 0.3 is 0 Å². The molecule has 1 saturated heterocycles. The summed E-state index contributed by atoms with van der Waals surface area (Å²) in [7, 11) is 1.66. The normalized spacial score (nSPS) is 17.6. The van der Waals surface area contributed by atoms with E-state index in [2.05, 4.69) is 18.1 Å². The van der Waals surface area contributed by atoms with E-state index in [9.17, 15) is 4.79 Å². The lowest BCUT2D eigenvalue weighted by atomic mass is 10.2. The third-order valence-corrected chi connectivity index (χ3v) is 5.22. The molecule has 1 aromatic rings. The topological polar surface area (TPSA) is 32.8 Å². The number of carbonyl (C=O) groups is 1. The van der Waals surface area contributed by atoms with Gasteiger partial charge in [0.05, 0.1) is 13.7 Å². The highest BCUT2D eigenvalue weighted by Gasteiger charge is 2.23. The predicted octanol–water partition coefficient (Wildman–Crippen LogP) is 2.48. The largest absolute Gasteiger partial charge is 0.497 e. The highest BCUT2D eigenvalue weighted by molar-refractivity contribution is 7.99. The van der Waals surface area contributed by atoms with Crippen molar-refractivity contribution >= 4 is 17.7 Å². The summed E-state index contributed by atoms with van der Waals surface area (Å²) in [5.41, 5.74) is 1.15. The van der Waals surface area contributed by atoms with Gasteiger partial charge in [-0.25, -0.2) is 0 Å². The lowest BCUT2D eigenvalue weighted by molar-refractivity contribution is -0.136. The number of amides is 1. The van der Waals surface area contributed by atoms with Crippen LogP contribution in [-0.4, -0.2) is 60.5 Å². The number of methoxy groups -OCH3 is 1. The molecule has 1 aliphatic rings. The number of piperazine rings is 1. The Bertz CT molecular complexity index is 478. The molecule has 4 nitrogen and oxygen atoms in total. The van der Waals surface area contributed by atoms with Crippen molar-refractivity contribution in [3.8, 4) is 5.75 Å². The Morgan fingerprint density at radius 2 is 2.00 bits per heavy atom. The number of ether oxygens (including phenoxy) is 1. The average molecular weight is 322 g/mol. The number of nitrogens with zero attached hydrogens (tertiary/aromatic N) is 2. The molecule has 0 spiro atoms. The van der Waals surface area contributed by atoms with E-state index in [1.807, 2.05) is 40.9 Å². The minimum atomic E-state index is 0.235. The molecule has 122 valence electrons. The molecule has 5 heteroatoms. The van der Waals surface area contributed by atoms with Crippen molar-refractivity contribution in [2.24, 2.45) is 0 Å². The van der Waals surface area contributed by atoms with Gasteiger partial charge in [0.25, 0.3) is 0 Å². The van der Waals surface area contributed by atoms with Crippen molar-refractivity contribution in [3.05, 3.63) is 29.8 Å². The summed E-state index contributed by atoms with van der Waals surface area (Å²) in [4.78, 5) is 16.5. The van der Waals surface area contributed by atoms with Crippen LogP contribution in [0.3, 0.4) is 0 Å². The molecular weight excluding hydrogens is 296 g/mol. The molecule has 2 rings (SSSR count). The predicted molar refractivity (Wildman–Crippen MR) is 92.4 cm³/mol. The van der Waals surface area contributed by atoms with Gasteiger partial charge < -0.3 is 9.64 Å². The van der Waals surface area contributed by atoms with Gasteiger partial charge in [0.15, 0.2) is 0 Å². The maximum atomic E-state index is 12.3. The Hall–Kier alpha value is -1.20. The van der Waals surface area contributed by atoms with Crippen LogP contribution in [0.1, 0.15) is 18.9 Å². The van der Waals surface area contributed by atoms with Gasteiger partial charge in [0.1, 0.15) is 5.75 Å². The average Bonchev–Trinajstić information content (AvgIpc) is 2.55. The smallest absolute Gasteiger partial charge is 0.237 e. The second kappa shape index (κ2) is 8.44. The number of carbonyl (C=O) groups excluding carboxylic acids is 1. The van der Waals surface area contributed by atoms with Crippen molar-refractivity contribution in [1.29, 1.82) is 0 Å². The van der Waals surface area contributed by atoms with Gasteiger partial charge in [-0.05, 0) is 36.9 Å². The quantitative estimate of drug-likeness (QED) is 0.772. The van der Waals surface area contributed by atoms with E-state index in [1.54, 1.807) is 7.11 Å². The van der Waals surface area contributed by atoms with Crippen LogP contribution < -0.4 is 4.74 Å². The Kier molecular flexibility index (Phi) is 6.58. The lowest BCUT2D eigenvalue weighted by Crippen LogP contribution is -2.50. The van der Waals surface area contributed by atoms with Crippen LogP contribution in [0.2, 0.25) is 0 Å². The van der Waals surface area contributed by atoms with E-state index in [0.29, 0.717) is 18.3 Å². The first-order chi connectivity index (χ1) is 10.6. The van der Waals surface area contributed by atoms with Gasteiger partial charge in [-0.15, -0.1) is 0 Å². The number of hydrogen-bond donors (Lipinski definition) is 0. The maximum Gasteiger partial charge on any atom is 0.237 e. The fraction of sp³-hybridized carbons (Fsp3) is 0.588. The Morgan fingerprint density at radius 3 is 2.59 bits per heavy atom. The monoisotopic (exact) mass is 322 g/mol. The molecule has 0 saturated carbocycles.